The van der Waals surface area contributed by atoms with Gasteiger partial charge < -0.3 is 4.74 Å². The van der Waals surface area contributed by atoms with Crippen molar-refractivity contribution in [3.8, 4) is 0 Å². The van der Waals surface area contributed by atoms with Gasteiger partial charge >= 0.3 is 0 Å². The first kappa shape index (κ1) is 14.0. The van der Waals surface area contributed by atoms with E-state index < -0.39 is 25.9 Å². The fraction of sp³-hybridized carbons (Fsp3) is 0.600. The zero-order chi connectivity index (χ0) is 14.3. The second-order valence-corrected chi connectivity index (χ2v) is 8.73. The van der Waals surface area contributed by atoms with E-state index in [2.05, 4.69) is 0 Å². The minimum atomic E-state index is -3.36. The third-order valence-corrected chi connectivity index (χ3v) is 7.83. The third-order valence-electron chi connectivity index (χ3n) is 4.50. The highest BCUT2D eigenvalue weighted by Gasteiger charge is 2.67. The third kappa shape index (κ3) is 2.18. The fourth-order valence-electron chi connectivity index (χ4n) is 2.65. The lowest BCUT2D eigenvalue weighted by Crippen LogP contribution is -2.40. The Morgan fingerprint density at radius 3 is 2.10 bits per heavy atom. The Labute approximate surface area is 119 Å². The minimum Gasteiger partial charge on any atom is -0.375 e. The van der Waals surface area contributed by atoms with Crippen LogP contribution in [0.2, 0.25) is 0 Å². The predicted molar refractivity (Wildman–Crippen MR) is 74.5 cm³/mol. The Kier molecular flexibility index (Phi) is 3.39. The molecule has 0 spiro atoms. The van der Waals surface area contributed by atoms with Crippen LogP contribution in [0.5, 0.6) is 0 Å². The Hall–Kier alpha value is -0.910. The Balaban J connectivity index is 1.63. The van der Waals surface area contributed by atoms with E-state index in [9.17, 15) is 13.5 Å². The van der Waals surface area contributed by atoms with Gasteiger partial charge in [-0.05, 0) is 31.2 Å². The number of hydrogen-bond donors (Lipinski definition) is 0. The first-order chi connectivity index (χ1) is 9.55. The van der Waals surface area contributed by atoms with Gasteiger partial charge in [0.2, 0.25) is 0 Å². The van der Waals surface area contributed by atoms with Crippen LogP contribution in [0, 0.1) is 0 Å². The van der Waals surface area contributed by atoms with Crippen molar-refractivity contribution < 1.29 is 18.3 Å². The van der Waals surface area contributed by atoms with Crippen molar-refractivity contribution in [1.82, 2.24) is 0 Å². The lowest BCUT2D eigenvalue weighted by Gasteiger charge is -2.22. The molecular formula is C15H19O4S. The van der Waals surface area contributed by atoms with E-state index in [1.807, 2.05) is 30.3 Å². The number of rotatable bonds is 7. The monoisotopic (exact) mass is 295 g/mol. The molecule has 2 aliphatic rings. The molecule has 0 amide bonds. The molecule has 109 valence electrons. The fourth-order valence-corrected chi connectivity index (χ4v) is 5.24. The van der Waals surface area contributed by atoms with Crippen LogP contribution in [0.15, 0.2) is 30.3 Å². The van der Waals surface area contributed by atoms with Crippen molar-refractivity contribution in [3.05, 3.63) is 35.9 Å². The number of hydrogen-bond acceptors (Lipinski definition) is 3. The van der Waals surface area contributed by atoms with Crippen LogP contribution in [0.25, 0.3) is 0 Å². The lowest BCUT2D eigenvalue weighted by atomic mass is 10.2. The Morgan fingerprint density at radius 1 is 1.00 bits per heavy atom. The topological polar surface area (TPSA) is 63.3 Å². The maximum atomic E-state index is 12.6. The summed E-state index contributed by atoms with van der Waals surface area (Å²) in [7, 11) is -3.36. The van der Waals surface area contributed by atoms with E-state index in [1.54, 1.807) is 0 Å². The first-order valence-corrected chi connectivity index (χ1v) is 8.48. The smallest absolute Gasteiger partial charge is 0.166 e. The van der Waals surface area contributed by atoms with Crippen molar-refractivity contribution in [2.45, 2.75) is 41.8 Å². The molecule has 20 heavy (non-hydrogen) atoms. The average Bonchev–Trinajstić information content (AvgIpc) is 3.34. The molecule has 3 rings (SSSR count). The molecule has 2 aliphatic carbocycles. The molecule has 0 saturated heterocycles. The summed E-state index contributed by atoms with van der Waals surface area (Å²) in [5, 5.41) is 11.2. The zero-order valence-electron chi connectivity index (χ0n) is 11.4. The van der Waals surface area contributed by atoms with Crippen LogP contribution >= 0.6 is 0 Å². The molecule has 0 N–H and O–H groups in total. The largest absolute Gasteiger partial charge is 0.375 e. The Bertz CT molecular complexity index is 571. The van der Waals surface area contributed by atoms with Crippen LogP contribution in [-0.4, -0.2) is 31.1 Å². The van der Waals surface area contributed by atoms with Gasteiger partial charge in [-0.25, -0.2) is 13.5 Å². The van der Waals surface area contributed by atoms with E-state index in [-0.39, 0.29) is 6.61 Å². The molecule has 0 bridgehead atoms. The summed E-state index contributed by atoms with van der Waals surface area (Å²) in [6, 6.07) is 9.70. The summed E-state index contributed by atoms with van der Waals surface area (Å²) in [4.78, 5) is 0. The molecule has 2 saturated carbocycles. The van der Waals surface area contributed by atoms with Gasteiger partial charge in [-0.15, -0.1) is 0 Å². The van der Waals surface area contributed by atoms with E-state index in [0.29, 0.717) is 32.3 Å². The number of benzene rings is 1. The molecule has 0 heterocycles. The molecule has 4 nitrogen and oxygen atoms in total. The van der Waals surface area contributed by atoms with Crippen molar-refractivity contribution in [3.63, 3.8) is 0 Å². The van der Waals surface area contributed by atoms with Crippen LogP contribution in [0.1, 0.15) is 31.2 Å². The summed E-state index contributed by atoms with van der Waals surface area (Å²) < 4.78 is 29.1. The van der Waals surface area contributed by atoms with Crippen LogP contribution < -0.4 is 0 Å². The molecule has 1 radical (unpaired) electrons. The zero-order valence-corrected chi connectivity index (χ0v) is 12.2. The normalized spacial score (nSPS) is 22.4. The van der Waals surface area contributed by atoms with Gasteiger partial charge in [0.1, 0.15) is 6.61 Å². The maximum Gasteiger partial charge on any atom is 0.166 e. The molecular weight excluding hydrogens is 276 g/mol. The van der Waals surface area contributed by atoms with Gasteiger partial charge in [0, 0.05) is 0 Å². The van der Waals surface area contributed by atoms with Crippen molar-refractivity contribution in [1.29, 1.82) is 0 Å². The summed E-state index contributed by atoms with van der Waals surface area (Å²) >= 11 is 0. The van der Waals surface area contributed by atoms with Gasteiger partial charge in [0.25, 0.3) is 0 Å². The lowest BCUT2D eigenvalue weighted by molar-refractivity contribution is 0.115. The standard InChI is InChI=1S/C15H19O4S/c16-11-14(6-7-14)20(17,18)15(8-9-15)12-19-10-13-4-2-1-3-5-13/h1-5H,6-12H2. The maximum absolute atomic E-state index is 12.6. The SMILES string of the molecule is [O]CC1(S(=O)(=O)C2(COCc3ccccc3)CC2)CC1. The summed E-state index contributed by atoms with van der Waals surface area (Å²) in [6.45, 7) is 0.129. The highest BCUT2D eigenvalue weighted by atomic mass is 32.2. The quantitative estimate of drug-likeness (QED) is 0.774. The van der Waals surface area contributed by atoms with Gasteiger partial charge in [-0.3, -0.25) is 0 Å². The molecule has 0 aromatic heterocycles. The highest BCUT2D eigenvalue weighted by Crippen LogP contribution is 2.56. The van der Waals surface area contributed by atoms with Gasteiger partial charge in [-0.1, -0.05) is 30.3 Å². The summed E-state index contributed by atoms with van der Waals surface area (Å²) in [5.41, 5.74) is 1.03. The van der Waals surface area contributed by atoms with Crippen LogP contribution in [-0.2, 0) is 26.3 Å². The summed E-state index contributed by atoms with van der Waals surface area (Å²) in [6.07, 6.45) is 2.32. The van der Waals surface area contributed by atoms with E-state index in [0.717, 1.165) is 5.56 Å². The number of sulfone groups is 1. The van der Waals surface area contributed by atoms with Gasteiger partial charge in [0.15, 0.2) is 9.84 Å². The molecule has 1 aromatic carbocycles. The van der Waals surface area contributed by atoms with Crippen molar-refractivity contribution in [2.24, 2.45) is 0 Å². The average molecular weight is 295 g/mol. The minimum absolute atomic E-state index is 0.214. The first-order valence-electron chi connectivity index (χ1n) is 6.99. The van der Waals surface area contributed by atoms with Crippen LogP contribution in [0.3, 0.4) is 0 Å². The van der Waals surface area contributed by atoms with Crippen molar-refractivity contribution in [2.75, 3.05) is 13.2 Å². The van der Waals surface area contributed by atoms with E-state index in [4.69, 9.17) is 4.74 Å². The molecule has 5 heteroatoms. The summed E-state index contributed by atoms with van der Waals surface area (Å²) in [5.74, 6) is 0. The van der Waals surface area contributed by atoms with E-state index in [1.165, 1.54) is 0 Å². The highest BCUT2D eigenvalue weighted by molar-refractivity contribution is 7.94. The second kappa shape index (κ2) is 4.83. The molecule has 0 unspecified atom stereocenters. The predicted octanol–water partition coefficient (Wildman–Crippen LogP) is 2.11. The second-order valence-electron chi connectivity index (χ2n) is 5.99. The van der Waals surface area contributed by atoms with Gasteiger partial charge in [0.05, 0.1) is 22.7 Å². The van der Waals surface area contributed by atoms with Crippen molar-refractivity contribution >= 4 is 9.84 Å². The molecule has 0 aliphatic heterocycles. The van der Waals surface area contributed by atoms with E-state index >= 15 is 0 Å². The van der Waals surface area contributed by atoms with Gasteiger partial charge in [-0.2, -0.15) is 0 Å². The van der Waals surface area contributed by atoms with Crippen LogP contribution in [0.4, 0.5) is 0 Å². The molecule has 2 fully saturated rings. The molecule has 0 atom stereocenters. The number of ether oxygens (including phenoxy) is 1. The molecule has 1 aromatic rings. The Morgan fingerprint density at radius 2 is 1.60 bits per heavy atom.